The Labute approximate surface area is 121 Å². The van der Waals surface area contributed by atoms with Crippen molar-refractivity contribution in [1.29, 1.82) is 0 Å². The van der Waals surface area contributed by atoms with Gasteiger partial charge in [-0.3, -0.25) is 10.1 Å². The molecule has 0 aliphatic carbocycles. The zero-order valence-electron chi connectivity index (χ0n) is 11.7. The quantitative estimate of drug-likeness (QED) is 0.685. The first kappa shape index (κ1) is 14.9. The van der Waals surface area contributed by atoms with Crippen LogP contribution in [-0.4, -0.2) is 4.92 Å². The smallest absolute Gasteiger partial charge is 0.272 e. The summed E-state index contributed by atoms with van der Waals surface area (Å²) < 4.78 is 19.5. The molecule has 0 amide bonds. The number of halogens is 1. The Morgan fingerprint density at radius 3 is 2.62 bits per heavy atom. The number of hydrogen-bond donors (Lipinski definition) is 1. The van der Waals surface area contributed by atoms with Gasteiger partial charge in [0.2, 0.25) is 0 Å². The van der Waals surface area contributed by atoms with Gasteiger partial charge in [0.25, 0.3) is 5.69 Å². The minimum Gasteiger partial charge on any atom is -0.454 e. The van der Waals surface area contributed by atoms with Gasteiger partial charge in [0.05, 0.1) is 4.92 Å². The van der Waals surface area contributed by atoms with Crippen LogP contribution in [0.15, 0.2) is 36.4 Å². The van der Waals surface area contributed by atoms with Crippen molar-refractivity contribution in [3.8, 4) is 11.5 Å². The van der Waals surface area contributed by atoms with Gasteiger partial charge in [0.1, 0.15) is 5.75 Å². The van der Waals surface area contributed by atoms with E-state index >= 15 is 0 Å². The van der Waals surface area contributed by atoms with Gasteiger partial charge in [0.15, 0.2) is 11.6 Å². The first-order valence-electron chi connectivity index (χ1n) is 6.37. The Balaban J connectivity index is 2.39. The van der Waals surface area contributed by atoms with Crippen LogP contribution in [-0.2, 0) is 0 Å². The molecule has 1 atom stereocenters. The van der Waals surface area contributed by atoms with Crippen LogP contribution in [0.1, 0.15) is 24.1 Å². The maximum atomic E-state index is 13.9. The van der Waals surface area contributed by atoms with Crippen molar-refractivity contribution in [1.82, 2.24) is 0 Å². The van der Waals surface area contributed by atoms with Gasteiger partial charge in [-0.2, -0.15) is 0 Å². The lowest BCUT2D eigenvalue weighted by molar-refractivity contribution is -0.385. The van der Waals surface area contributed by atoms with Gasteiger partial charge >= 0.3 is 0 Å². The Kier molecular flexibility index (Phi) is 4.18. The molecule has 21 heavy (non-hydrogen) atoms. The van der Waals surface area contributed by atoms with Crippen LogP contribution < -0.4 is 10.5 Å². The van der Waals surface area contributed by atoms with Crippen LogP contribution in [0.5, 0.6) is 11.5 Å². The van der Waals surface area contributed by atoms with Gasteiger partial charge in [-0.25, -0.2) is 4.39 Å². The minimum atomic E-state index is -0.527. The monoisotopic (exact) mass is 290 g/mol. The second kappa shape index (κ2) is 5.88. The molecule has 0 aliphatic heterocycles. The molecule has 6 heteroatoms. The highest BCUT2D eigenvalue weighted by molar-refractivity contribution is 5.47. The number of para-hydroxylation sites is 1. The van der Waals surface area contributed by atoms with E-state index in [0.29, 0.717) is 16.9 Å². The SMILES string of the molecule is Cc1cc(Oc2c(F)cccc2[C@@H](C)N)ccc1[N+](=O)[O-]. The fourth-order valence-corrected chi connectivity index (χ4v) is 2.01. The summed E-state index contributed by atoms with van der Waals surface area (Å²) in [6.07, 6.45) is 0. The average Bonchev–Trinajstić information content (AvgIpc) is 2.40. The second-order valence-corrected chi connectivity index (χ2v) is 4.75. The summed E-state index contributed by atoms with van der Waals surface area (Å²) >= 11 is 0. The molecule has 2 aromatic carbocycles. The summed E-state index contributed by atoms with van der Waals surface area (Å²) in [6, 6.07) is 8.38. The highest BCUT2D eigenvalue weighted by Gasteiger charge is 2.16. The predicted octanol–water partition coefficient (Wildman–Crippen LogP) is 3.85. The summed E-state index contributed by atoms with van der Waals surface area (Å²) in [5.74, 6) is -0.161. The molecule has 2 rings (SSSR count). The van der Waals surface area contributed by atoms with Crippen molar-refractivity contribution >= 4 is 5.69 Å². The van der Waals surface area contributed by atoms with Gasteiger partial charge in [-0.1, -0.05) is 12.1 Å². The van der Waals surface area contributed by atoms with Crippen molar-refractivity contribution in [2.24, 2.45) is 5.73 Å². The van der Waals surface area contributed by atoms with Crippen molar-refractivity contribution in [3.63, 3.8) is 0 Å². The van der Waals surface area contributed by atoms with E-state index < -0.39 is 16.8 Å². The molecule has 0 saturated heterocycles. The van der Waals surface area contributed by atoms with Crippen LogP contribution in [0.2, 0.25) is 0 Å². The fourth-order valence-electron chi connectivity index (χ4n) is 2.01. The first-order valence-corrected chi connectivity index (χ1v) is 6.37. The molecular weight excluding hydrogens is 275 g/mol. The zero-order valence-corrected chi connectivity index (χ0v) is 11.7. The lowest BCUT2D eigenvalue weighted by Crippen LogP contribution is -2.07. The summed E-state index contributed by atoms with van der Waals surface area (Å²) in [4.78, 5) is 10.3. The van der Waals surface area contributed by atoms with E-state index in [1.54, 1.807) is 26.0 Å². The topological polar surface area (TPSA) is 78.4 Å². The van der Waals surface area contributed by atoms with E-state index in [1.165, 1.54) is 24.3 Å². The van der Waals surface area contributed by atoms with Gasteiger partial charge in [-0.05, 0) is 32.0 Å². The minimum absolute atomic E-state index is 0.0108. The number of nitrogens with two attached hydrogens (primary N) is 1. The predicted molar refractivity (Wildman–Crippen MR) is 76.9 cm³/mol. The summed E-state index contributed by atoms with van der Waals surface area (Å²) in [5.41, 5.74) is 6.76. The molecule has 5 nitrogen and oxygen atoms in total. The molecular formula is C15H15FN2O3. The third-order valence-corrected chi connectivity index (χ3v) is 3.07. The van der Waals surface area contributed by atoms with Crippen LogP contribution in [0.25, 0.3) is 0 Å². The maximum Gasteiger partial charge on any atom is 0.272 e. The number of benzene rings is 2. The molecule has 0 fully saturated rings. The van der Waals surface area contributed by atoms with Gasteiger partial charge < -0.3 is 10.5 Å². The highest BCUT2D eigenvalue weighted by Crippen LogP contribution is 2.33. The number of nitro benzene ring substituents is 1. The highest BCUT2D eigenvalue weighted by atomic mass is 19.1. The summed E-state index contributed by atoms with van der Waals surface area (Å²) in [5, 5.41) is 10.8. The standard InChI is InChI=1S/C15H15FN2O3/c1-9-8-11(6-7-14(9)18(19)20)21-15-12(10(2)17)4-3-5-13(15)16/h3-8,10H,17H2,1-2H3/t10-/m1/s1. The third-order valence-electron chi connectivity index (χ3n) is 3.07. The first-order chi connectivity index (χ1) is 9.90. The Morgan fingerprint density at radius 1 is 1.33 bits per heavy atom. The molecule has 2 aromatic rings. The lowest BCUT2D eigenvalue weighted by atomic mass is 10.1. The molecule has 0 heterocycles. The van der Waals surface area contributed by atoms with Crippen LogP contribution in [0.4, 0.5) is 10.1 Å². The molecule has 110 valence electrons. The zero-order chi connectivity index (χ0) is 15.6. The van der Waals surface area contributed by atoms with E-state index in [4.69, 9.17) is 10.5 Å². The third kappa shape index (κ3) is 3.17. The van der Waals surface area contributed by atoms with E-state index in [1.807, 2.05) is 0 Å². The second-order valence-electron chi connectivity index (χ2n) is 4.75. The van der Waals surface area contributed by atoms with Crippen LogP contribution in [0, 0.1) is 22.9 Å². The van der Waals surface area contributed by atoms with E-state index in [-0.39, 0.29) is 11.4 Å². The van der Waals surface area contributed by atoms with E-state index in [0.717, 1.165) is 0 Å². The molecule has 0 aromatic heterocycles. The molecule has 0 bridgehead atoms. The van der Waals surface area contributed by atoms with E-state index in [2.05, 4.69) is 0 Å². The van der Waals surface area contributed by atoms with Crippen LogP contribution in [0.3, 0.4) is 0 Å². The maximum absolute atomic E-state index is 13.9. The Morgan fingerprint density at radius 2 is 2.05 bits per heavy atom. The lowest BCUT2D eigenvalue weighted by Gasteiger charge is -2.14. The molecule has 0 radical (unpaired) electrons. The number of nitrogens with zero attached hydrogens (tertiary/aromatic N) is 1. The molecule has 2 N–H and O–H groups in total. The van der Waals surface area contributed by atoms with Gasteiger partial charge in [-0.15, -0.1) is 0 Å². The summed E-state index contributed by atoms with van der Waals surface area (Å²) in [6.45, 7) is 3.32. The number of ether oxygens (including phenoxy) is 1. The Bertz CT molecular complexity index is 687. The average molecular weight is 290 g/mol. The molecule has 0 aliphatic rings. The van der Waals surface area contributed by atoms with E-state index in [9.17, 15) is 14.5 Å². The molecule has 0 unspecified atom stereocenters. The van der Waals surface area contributed by atoms with Crippen molar-refractivity contribution in [3.05, 3.63) is 63.5 Å². The Hall–Kier alpha value is -2.47. The summed E-state index contributed by atoms with van der Waals surface area (Å²) in [7, 11) is 0. The fraction of sp³-hybridized carbons (Fsp3) is 0.200. The normalized spacial score (nSPS) is 12.0. The van der Waals surface area contributed by atoms with Crippen molar-refractivity contribution < 1.29 is 14.1 Å². The van der Waals surface area contributed by atoms with Crippen molar-refractivity contribution in [2.75, 3.05) is 0 Å². The number of hydrogen-bond acceptors (Lipinski definition) is 4. The van der Waals surface area contributed by atoms with Crippen LogP contribution >= 0.6 is 0 Å². The van der Waals surface area contributed by atoms with Crippen molar-refractivity contribution in [2.45, 2.75) is 19.9 Å². The number of nitro groups is 1. The molecule has 0 saturated carbocycles. The van der Waals surface area contributed by atoms with Gasteiger partial charge in [0, 0.05) is 23.2 Å². The largest absolute Gasteiger partial charge is 0.454 e. The number of rotatable bonds is 4. The number of aryl methyl sites for hydroxylation is 1. The molecule has 0 spiro atoms.